The molecule has 18 heavy (non-hydrogen) atoms. The van der Waals surface area contributed by atoms with Crippen molar-refractivity contribution in [3.8, 4) is 0 Å². The van der Waals surface area contributed by atoms with Crippen molar-refractivity contribution in [1.82, 2.24) is 10.3 Å². The fraction of sp³-hybridized carbons (Fsp3) is 0.538. The molecule has 1 heterocycles. The van der Waals surface area contributed by atoms with Crippen LogP contribution in [0.1, 0.15) is 26.2 Å². The lowest BCUT2D eigenvalue weighted by atomic mass is 10.4. The number of anilines is 1. The molecular formula is C13H21N3O2. The quantitative estimate of drug-likeness (QED) is 0.697. The van der Waals surface area contributed by atoms with Crippen LogP contribution in [0.25, 0.3) is 0 Å². The Morgan fingerprint density at radius 1 is 1.39 bits per heavy atom. The van der Waals surface area contributed by atoms with Gasteiger partial charge < -0.3 is 15.4 Å². The molecule has 0 aliphatic rings. The first-order valence-electron chi connectivity index (χ1n) is 6.35. The molecule has 100 valence electrons. The molecule has 0 unspecified atom stereocenters. The summed E-state index contributed by atoms with van der Waals surface area (Å²) in [6.07, 6.45) is 6.33. The number of aromatic nitrogens is 1. The van der Waals surface area contributed by atoms with Crippen molar-refractivity contribution in [2.75, 3.05) is 25.1 Å². The highest BCUT2D eigenvalue weighted by Gasteiger charge is 1.99. The maximum atomic E-state index is 11.5. The highest BCUT2D eigenvalue weighted by atomic mass is 16.5. The van der Waals surface area contributed by atoms with Gasteiger partial charge in [0.1, 0.15) is 0 Å². The Kier molecular flexibility index (Phi) is 7.55. The molecule has 1 aromatic heterocycles. The minimum atomic E-state index is -0.212. The van der Waals surface area contributed by atoms with Crippen LogP contribution in [0.15, 0.2) is 24.5 Å². The van der Waals surface area contributed by atoms with E-state index < -0.39 is 0 Å². The van der Waals surface area contributed by atoms with E-state index in [4.69, 9.17) is 4.74 Å². The SMILES string of the molecule is CCCCOCCCNC(=O)Nc1cccnc1. The second-order valence-corrected chi connectivity index (χ2v) is 3.94. The van der Waals surface area contributed by atoms with Gasteiger partial charge in [-0.05, 0) is 25.0 Å². The topological polar surface area (TPSA) is 63.2 Å². The maximum Gasteiger partial charge on any atom is 0.319 e. The Morgan fingerprint density at radius 2 is 2.22 bits per heavy atom. The van der Waals surface area contributed by atoms with E-state index >= 15 is 0 Å². The Morgan fingerprint density at radius 3 is 2.94 bits per heavy atom. The van der Waals surface area contributed by atoms with Crippen molar-refractivity contribution in [2.24, 2.45) is 0 Å². The lowest BCUT2D eigenvalue weighted by Crippen LogP contribution is -2.30. The van der Waals surface area contributed by atoms with Crippen LogP contribution in [0.4, 0.5) is 10.5 Å². The fourth-order valence-electron chi connectivity index (χ4n) is 1.34. The van der Waals surface area contributed by atoms with Crippen LogP contribution in [0.3, 0.4) is 0 Å². The number of nitrogens with one attached hydrogen (secondary N) is 2. The molecule has 0 radical (unpaired) electrons. The number of carbonyl (C=O) groups is 1. The summed E-state index contributed by atoms with van der Waals surface area (Å²) in [4.78, 5) is 15.4. The summed E-state index contributed by atoms with van der Waals surface area (Å²) in [6, 6.07) is 3.36. The Hall–Kier alpha value is -1.62. The smallest absolute Gasteiger partial charge is 0.319 e. The number of rotatable bonds is 8. The molecule has 2 amide bonds. The van der Waals surface area contributed by atoms with Gasteiger partial charge in [0.25, 0.3) is 0 Å². The third-order valence-corrected chi connectivity index (χ3v) is 2.31. The molecular weight excluding hydrogens is 230 g/mol. The van der Waals surface area contributed by atoms with Crippen molar-refractivity contribution < 1.29 is 9.53 Å². The molecule has 0 bridgehead atoms. The molecule has 1 rings (SSSR count). The van der Waals surface area contributed by atoms with Gasteiger partial charge in [0.05, 0.1) is 11.9 Å². The number of urea groups is 1. The van der Waals surface area contributed by atoms with Crippen LogP contribution in [-0.4, -0.2) is 30.8 Å². The van der Waals surface area contributed by atoms with E-state index in [9.17, 15) is 4.79 Å². The zero-order valence-electron chi connectivity index (χ0n) is 10.8. The van der Waals surface area contributed by atoms with Crippen LogP contribution in [0, 0.1) is 0 Å². The van der Waals surface area contributed by atoms with Crippen LogP contribution in [0.5, 0.6) is 0 Å². The Balaban J connectivity index is 2.00. The van der Waals surface area contributed by atoms with Crippen molar-refractivity contribution >= 4 is 11.7 Å². The van der Waals surface area contributed by atoms with Gasteiger partial charge in [-0.3, -0.25) is 4.98 Å². The largest absolute Gasteiger partial charge is 0.381 e. The minimum Gasteiger partial charge on any atom is -0.381 e. The van der Waals surface area contributed by atoms with Gasteiger partial charge >= 0.3 is 6.03 Å². The van der Waals surface area contributed by atoms with Crippen molar-refractivity contribution in [3.63, 3.8) is 0 Å². The summed E-state index contributed by atoms with van der Waals surface area (Å²) >= 11 is 0. The third kappa shape index (κ3) is 6.85. The minimum absolute atomic E-state index is 0.212. The van der Waals surface area contributed by atoms with E-state index in [1.54, 1.807) is 24.5 Å². The number of carbonyl (C=O) groups excluding carboxylic acids is 1. The summed E-state index contributed by atoms with van der Waals surface area (Å²) in [5, 5.41) is 5.46. The molecule has 0 aliphatic carbocycles. The molecule has 0 spiro atoms. The van der Waals surface area contributed by atoms with Crippen LogP contribution in [-0.2, 0) is 4.74 Å². The highest BCUT2D eigenvalue weighted by molar-refractivity contribution is 5.88. The number of pyridine rings is 1. The molecule has 5 heteroatoms. The zero-order chi connectivity index (χ0) is 13.1. The van der Waals surface area contributed by atoms with Crippen LogP contribution >= 0.6 is 0 Å². The summed E-state index contributed by atoms with van der Waals surface area (Å²) < 4.78 is 5.39. The van der Waals surface area contributed by atoms with Crippen LogP contribution in [0.2, 0.25) is 0 Å². The summed E-state index contributed by atoms with van der Waals surface area (Å²) in [5.74, 6) is 0. The number of hydrogen-bond donors (Lipinski definition) is 2. The summed E-state index contributed by atoms with van der Waals surface area (Å²) in [5.41, 5.74) is 0.689. The molecule has 0 aliphatic heterocycles. The van der Waals surface area contributed by atoms with Gasteiger partial charge in [0, 0.05) is 26.0 Å². The van der Waals surface area contributed by atoms with Crippen molar-refractivity contribution in [1.29, 1.82) is 0 Å². The normalized spacial score (nSPS) is 10.1. The maximum absolute atomic E-state index is 11.5. The second-order valence-electron chi connectivity index (χ2n) is 3.94. The standard InChI is InChI=1S/C13H21N3O2/c1-2-3-9-18-10-5-8-15-13(17)16-12-6-4-7-14-11-12/h4,6-7,11H,2-3,5,8-10H2,1H3,(H2,15,16,17). The van der Waals surface area contributed by atoms with E-state index in [0.717, 1.165) is 25.9 Å². The molecule has 1 aromatic rings. The lowest BCUT2D eigenvalue weighted by Gasteiger charge is -2.07. The molecule has 0 saturated carbocycles. The van der Waals surface area contributed by atoms with Crippen LogP contribution < -0.4 is 10.6 Å². The summed E-state index contributed by atoms with van der Waals surface area (Å²) in [7, 11) is 0. The van der Waals surface area contributed by atoms with E-state index in [2.05, 4.69) is 22.5 Å². The van der Waals surface area contributed by atoms with E-state index in [1.807, 2.05) is 0 Å². The Bertz CT molecular complexity index is 330. The molecule has 0 saturated heterocycles. The highest BCUT2D eigenvalue weighted by Crippen LogP contribution is 2.01. The lowest BCUT2D eigenvalue weighted by molar-refractivity contribution is 0.129. The van der Waals surface area contributed by atoms with E-state index in [0.29, 0.717) is 18.8 Å². The molecule has 0 fully saturated rings. The Labute approximate surface area is 108 Å². The molecule has 0 atom stereocenters. The number of ether oxygens (including phenoxy) is 1. The zero-order valence-corrected chi connectivity index (χ0v) is 10.8. The molecule has 5 nitrogen and oxygen atoms in total. The van der Waals surface area contributed by atoms with Gasteiger partial charge in [-0.1, -0.05) is 13.3 Å². The predicted octanol–water partition coefficient (Wildman–Crippen LogP) is 2.41. The van der Waals surface area contributed by atoms with E-state index in [1.165, 1.54) is 0 Å². The van der Waals surface area contributed by atoms with Gasteiger partial charge in [0.15, 0.2) is 0 Å². The first-order chi connectivity index (χ1) is 8.83. The monoisotopic (exact) mass is 251 g/mol. The van der Waals surface area contributed by atoms with Crippen molar-refractivity contribution in [2.45, 2.75) is 26.2 Å². The number of nitrogens with zero attached hydrogens (tertiary/aromatic N) is 1. The van der Waals surface area contributed by atoms with Gasteiger partial charge in [-0.15, -0.1) is 0 Å². The van der Waals surface area contributed by atoms with Gasteiger partial charge in [-0.2, -0.15) is 0 Å². The third-order valence-electron chi connectivity index (χ3n) is 2.31. The fourth-order valence-corrected chi connectivity index (χ4v) is 1.34. The first-order valence-corrected chi connectivity index (χ1v) is 6.35. The number of amides is 2. The number of unbranched alkanes of at least 4 members (excludes halogenated alkanes) is 1. The average molecular weight is 251 g/mol. The first kappa shape index (κ1) is 14.4. The van der Waals surface area contributed by atoms with Gasteiger partial charge in [0.2, 0.25) is 0 Å². The van der Waals surface area contributed by atoms with Crippen molar-refractivity contribution in [3.05, 3.63) is 24.5 Å². The molecule has 0 aromatic carbocycles. The molecule has 2 N–H and O–H groups in total. The second kappa shape index (κ2) is 9.41. The number of hydrogen-bond acceptors (Lipinski definition) is 3. The average Bonchev–Trinajstić information content (AvgIpc) is 2.39. The van der Waals surface area contributed by atoms with Gasteiger partial charge in [-0.25, -0.2) is 4.79 Å². The predicted molar refractivity (Wildman–Crippen MR) is 71.6 cm³/mol. The van der Waals surface area contributed by atoms with E-state index in [-0.39, 0.29) is 6.03 Å². The summed E-state index contributed by atoms with van der Waals surface area (Å²) in [6.45, 7) is 4.23.